The number of aromatic nitrogens is 1. The van der Waals surface area contributed by atoms with Crippen LogP contribution in [0.3, 0.4) is 0 Å². The van der Waals surface area contributed by atoms with Crippen LogP contribution in [0.1, 0.15) is 31.3 Å². The molecule has 0 saturated carbocycles. The van der Waals surface area contributed by atoms with Crippen LogP contribution < -0.4 is 0 Å². The maximum absolute atomic E-state index is 11.5. The van der Waals surface area contributed by atoms with Crippen LogP contribution in [0.25, 0.3) is 0 Å². The average molecular weight is 260 g/mol. The highest BCUT2D eigenvalue weighted by Gasteiger charge is 2.20. The first-order chi connectivity index (χ1) is 7.33. The number of nitrogens with zero attached hydrogens (tertiary/aromatic N) is 1. The van der Waals surface area contributed by atoms with Gasteiger partial charge in [0.25, 0.3) is 0 Å². The van der Waals surface area contributed by atoms with Gasteiger partial charge in [-0.25, -0.2) is 9.78 Å². The van der Waals surface area contributed by atoms with E-state index in [1.165, 1.54) is 7.11 Å². The maximum atomic E-state index is 11.5. The molecule has 0 atom stereocenters. The number of carbonyl (C=O) groups excluding carboxylic acids is 1. The van der Waals surface area contributed by atoms with Crippen molar-refractivity contribution >= 4 is 29.3 Å². The molecule has 0 aliphatic carbocycles. The van der Waals surface area contributed by atoms with Crippen LogP contribution in [-0.2, 0) is 4.74 Å². The summed E-state index contributed by atoms with van der Waals surface area (Å²) in [6.45, 7) is 6.19. The first-order valence-corrected chi connectivity index (χ1v) is 5.97. The Hall–Kier alpha value is -0.740. The summed E-state index contributed by atoms with van der Waals surface area (Å²) >= 11 is 7.32. The third-order valence-electron chi connectivity index (χ3n) is 1.62. The number of methoxy groups -OCH3 is 1. The van der Waals surface area contributed by atoms with Gasteiger partial charge in [-0.05, 0) is 12.1 Å². The molecule has 88 valence electrons. The Balaban J connectivity index is 3.13. The van der Waals surface area contributed by atoms with E-state index in [0.29, 0.717) is 5.15 Å². The molecule has 0 aromatic carbocycles. The topological polar surface area (TPSA) is 39.2 Å². The zero-order chi connectivity index (χ0) is 12.3. The van der Waals surface area contributed by atoms with Gasteiger partial charge >= 0.3 is 5.97 Å². The zero-order valence-corrected chi connectivity index (χ0v) is 11.3. The lowest BCUT2D eigenvalue weighted by Gasteiger charge is -2.18. The van der Waals surface area contributed by atoms with Crippen LogP contribution >= 0.6 is 23.4 Å². The highest BCUT2D eigenvalue weighted by atomic mass is 35.5. The van der Waals surface area contributed by atoms with Gasteiger partial charge in [0.1, 0.15) is 5.15 Å². The molecule has 0 amide bonds. The number of esters is 1. The van der Waals surface area contributed by atoms with Crippen LogP contribution in [0.5, 0.6) is 0 Å². The summed E-state index contributed by atoms with van der Waals surface area (Å²) in [6, 6.07) is 3.46. The highest BCUT2D eigenvalue weighted by Crippen LogP contribution is 2.34. The van der Waals surface area contributed by atoms with Crippen molar-refractivity contribution in [2.24, 2.45) is 0 Å². The van der Waals surface area contributed by atoms with E-state index in [0.717, 1.165) is 4.90 Å². The molecule has 1 aromatic rings. The molecule has 3 nitrogen and oxygen atoms in total. The fraction of sp³-hybridized carbons (Fsp3) is 0.455. The van der Waals surface area contributed by atoms with Gasteiger partial charge in [0, 0.05) is 9.64 Å². The largest absolute Gasteiger partial charge is 0.464 e. The van der Waals surface area contributed by atoms with Crippen molar-refractivity contribution in [1.82, 2.24) is 4.98 Å². The predicted octanol–water partition coefficient (Wildman–Crippen LogP) is 3.41. The number of pyridine rings is 1. The molecule has 0 saturated heterocycles. The summed E-state index contributed by atoms with van der Waals surface area (Å²) in [5.41, 5.74) is 0.273. The molecular formula is C11H14ClNO2S. The van der Waals surface area contributed by atoms with Crippen LogP contribution in [0, 0.1) is 0 Å². The van der Waals surface area contributed by atoms with Gasteiger partial charge in [-0.15, -0.1) is 11.8 Å². The molecule has 0 aliphatic heterocycles. The minimum atomic E-state index is -0.464. The predicted molar refractivity (Wildman–Crippen MR) is 66.2 cm³/mol. The van der Waals surface area contributed by atoms with E-state index in [1.807, 2.05) is 0 Å². The Kier molecular flexibility index (Phi) is 4.21. The SMILES string of the molecule is COC(=O)c1nc(Cl)ccc1SC(C)(C)C. The van der Waals surface area contributed by atoms with E-state index in [-0.39, 0.29) is 10.4 Å². The van der Waals surface area contributed by atoms with Crippen molar-refractivity contribution in [3.63, 3.8) is 0 Å². The average Bonchev–Trinajstić information content (AvgIpc) is 2.17. The van der Waals surface area contributed by atoms with Crippen molar-refractivity contribution in [2.75, 3.05) is 7.11 Å². The van der Waals surface area contributed by atoms with E-state index >= 15 is 0 Å². The quantitative estimate of drug-likeness (QED) is 0.464. The van der Waals surface area contributed by atoms with Gasteiger partial charge in [-0.1, -0.05) is 32.4 Å². The number of ether oxygens (including phenoxy) is 1. The molecule has 1 rings (SSSR count). The summed E-state index contributed by atoms with van der Waals surface area (Å²) in [4.78, 5) is 16.3. The molecule has 0 bridgehead atoms. The Morgan fingerprint density at radius 1 is 1.44 bits per heavy atom. The highest BCUT2D eigenvalue weighted by molar-refractivity contribution is 8.00. The molecule has 0 aliphatic rings. The first kappa shape index (κ1) is 13.3. The second-order valence-corrected chi connectivity index (χ2v) is 6.44. The zero-order valence-electron chi connectivity index (χ0n) is 9.70. The second kappa shape index (κ2) is 5.06. The summed E-state index contributed by atoms with van der Waals surface area (Å²) < 4.78 is 4.67. The minimum absolute atomic E-state index is 0.00171. The summed E-state index contributed by atoms with van der Waals surface area (Å²) in [5.74, 6) is -0.464. The number of rotatable bonds is 2. The van der Waals surface area contributed by atoms with Gasteiger partial charge in [0.2, 0.25) is 0 Å². The van der Waals surface area contributed by atoms with Crippen molar-refractivity contribution < 1.29 is 9.53 Å². The Labute approximate surface area is 105 Å². The molecule has 0 radical (unpaired) electrons. The summed E-state index contributed by atoms with van der Waals surface area (Å²) in [5, 5.41) is 0.290. The lowest BCUT2D eigenvalue weighted by molar-refractivity contribution is 0.0589. The third kappa shape index (κ3) is 3.68. The monoisotopic (exact) mass is 259 g/mol. The molecule has 0 unspecified atom stereocenters. The third-order valence-corrected chi connectivity index (χ3v) is 2.99. The standard InChI is InChI=1S/C11H14ClNO2S/c1-11(2,3)16-7-5-6-8(12)13-9(7)10(14)15-4/h5-6H,1-4H3. The van der Waals surface area contributed by atoms with Crippen LogP contribution in [0.4, 0.5) is 0 Å². The van der Waals surface area contributed by atoms with E-state index < -0.39 is 5.97 Å². The van der Waals surface area contributed by atoms with E-state index in [2.05, 4.69) is 30.5 Å². The second-order valence-electron chi connectivity index (χ2n) is 4.19. The van der Waals surface area contributed by atoms with Gasteiger partial charge in [-0.3, -0.25) is 0 Å². The van der Waals surface area contributed by atoms with E-state index in [9.17, 15) is 4.79 Å². The molecule has 0 spiro atoms. The van der Waals surface area contributed by atoms with Gasteiger partial charge in [0.15, 0.2) is 5.69 Å². The maximum Gasteiger partial charge on any atom is 0.357 e. The smallest absolute Gasteiger partial charge is 0.357 e. The summed E-state index contributed by atoms with van der Waals surface area (Å²) in [7, 11) is 1.33. The normalized spacial score (nSPS) is 11.3. The molecule has 0 N–H and O–H groups in total. The van der Waals surface area contributed by atoms with E-state index in [4.69, 9.17) is 11.6 Å². The summed E-state index contributed by atoms with van der Waals surface area (Å²) in [6.07, 6.45) is 0. The Morgan fingerprint density at radius 3 is 2.56 bits per heavy atom. The Bertz CT molecular complexity index is 401. The number of hydrogen-bond donors (Lipinski definition) is 0. The first-order valence-electron chi connectivity index (χ1n) is 4.77. The van der Waals surface area contributed by atoms with Crippen molar-refractivity contribution in [2.45, 2.75) is 30.4 Å². The van der Waals surface area contributed by atoms with Gasteiger partial charge < -0.3 is 4.74 Å². The van der Waals surface area contributed by atoms with Crippen LogP contribution in [-0.4, -0.2) is 22.8 Å². The van der Waals surface area contributed by atoms with E-state index in [1.54, 1.807) is 23.9 Å². The molecule has 16 heavy (non-hydrogen) atoms. The number of carbonyl (C=O) groups is 1. The number of hydrogen-bond acceptors (Lipinski definition) is 4. The Morgan fingerprint density at radius 2 is 2.06 bits per heavy atom. The van der Waals surface area contributed by atoms with Crippen molar-refractivity contribution in [3.05, 3.63) is 23.0 Å². The fourth-order valence-electron chi connectivity index (χ4n) is 1.08. The molecule has 1 heterocycles. The molecular weight excluding hydrogens is 246 g/mol. The van der Waals surface area contributed by atoms with Gasteiger partial charge in [-0.2, -0.15) is 0 Å². The van der Waals surface area contributed by atoms with Gasteiger partial charge in [0.05, 0.1) is 7.11 Å². The lowest BCUT2D eigenvalue weighted by Crippen LogP contribution is -2.11. The minimum Gasteiger partial charge on any atom is -0.464 e. The molecule has 5 heteroatoms. The van der Waals surface area contributed by atoms with Crippen molar-refractivity contribution in [1.29, 1.82) is 0 Å². The number of thioether (sulfide) groups is 1. The van der Waals surface area contributed by atoms with Crippen molar-refractivity contribution in [3.8, 4) is 0 Å². The van der Waals surface area contributed by atoms with Crippen LogP contribution in [0.2, 0.25) is 5.15 Å². The fourth-order valence-corrected chi connectivity index (χ4v) is 2.25. The lowest BCUT2D eigenvalue weighted by atomic mass is 10.3. The number of halogens is 1. The van der Waals surface area contributed by atoms with Crippen LogP contribution in [0.15, 0.2) is 17.0 Å². The molecule has 0 fully saturated rings. The molecule has 1 aromatic heterocycles.